The van der Waals surface area contributed by atoms with Gasteiger partial charge in [-0.3, -0.25) is 4.79 Å². The fourth-order valence-electron chi connectivity index (χ4n) is 1.80. The third kappa shape index (κ3) is 6.54. The highest BCUT2D eigenvalue weighted by Crippen LogP contribution is 2.19. The number of methoxy groups -OCH3 is 1. The molecule has 1 rings (SSSR count). The number of rotatable bonds is 9. The van der Waals surface area contributed by atoms with Crippen molar-refractivity contribution in [3.05, 3.63) is 29.8 Å². The molecule has 3 N–H and O–H groups in total. The van der Waals surface area contributed by atoms with Gasteiger partial charge in [-0.05, 0) is 31.4 Å². The van der Waals surface area contributed by atoms with Gasteiger partial charge in [0.05, 0.1) is 0 Å². The molecule has 5 nitrogen and oxygen atoms in total. The summed E-state index contributed by atoms with van der Waals surface area (Å²) in [6, 6.07) is 7.71. The molecule has 1 atom stereocenters. The van der Waals surface area contributed by atoms with Gasteiger partial charge in [0.25, 0.3) is 5.91 Å². The first-order valence-electron chi connectivity index (χ1n) is 6.85. The Morgan fingerprint density at radius 2 is 2.15 bits per heavy atom. The molecule has 0 spiro atoms. The third-order valence-electron chi connectivity index (χ3n) is 2.72. The van der Waals surface area contributed by atoms with Crippen LogP contribution >= 0.6 is 0 Å². The Kier molecular flexibility index (Phi) is 7.69. The number of hydrogen-bond donors (Lipinski definition) is 2. The van der Waals surface area contributed by atoms with Crippen molar-refractivity contribution >= 4 is 5.91 Å². The van der Waals surface area contributed by atoms with Crippen LogP contribution in [-0.4, -0.2) is 38.8 Å². The lowest BCUT2D eigenvalue weighted by molar-refractivity contribution is -0.123. The summed E-state index contributed by atoms with van der Waals surface area (Å²) in [6.45, 7) is 3.19. The van der Waals surface area contributed by atoms with Crippen molar-refractivity contribution in [1.82, 2.24) is 5.32 Å². The maximum absolute atomic E-state index is 11.6. The molecule has 1 amide bonds. The number of amides is 1. The quantitative estimate of drug-likeness (QED) is 0.665. The van der Waals surface area contributed by atoms with Crippen LogP contribution in [0.15, 0.2) is 24.3 Å². The molecule has 1 aromatic carbocycles. The molecule has 0 aromatic heterocycles. The molecule has 20 heavy (non-hydrogen) atoms. The van der Waals surface area contributed by atoms with E-state index in [1.807, 2.05) is 31.2 Å². The van der Waals surface area contributed by atoms with Crippen LogP contribution in [0.5, 0.6) is 5.75 Å². The summed E-state index contributed by atoms with van der Waals surface area (Å²) in [5.74, 6) is 0.591. The molecule has 0 fully saturated rings. The van der Waals surface area contributed by atoms with E-state index in [1.54, 1.807) is 7.11 Å². The Bertz CT molecular complexity index is 408. The second kappa shape index (κ2) is 9.34. The Balaban J connectivity index is 2.39. The fourth-order valence-corrected chi connectivity index (χ4v) is 1.80. The smallest absolute Gasteiger partial charge is 0.257 e. The summed E-state index contributed by atoms with van der Waals surface area (Å²) in [4.78, 5) is 11.6. The summed E-state index contributed by atoms with van der Waals surface area (Å²) >= 11 is 0. The molecule has 112 valence electrons. The van der Waals surface area contributed by atoms with Crippen LogP contribution in [-0.2, 0) is 16.0 Å². The lowest BCUT2D eigenvalue weighted by atomic mass is 10.1. The highest BCUT2D eigenvalue weighted by molar-refractivity contribution is 5.77. The van der Waals surface area contributed by atoms with Gasteiger partial charge < -0.3 is 20.5 Å². The predicted octanol–water partition coefficient (Wildman–Crippen LogP) is 1.11. The zero-order chi connectivity index (χ0) is 14.8. The zero-order valence-electron chi connectivity index (χ0n) is 12.2. The Morgan fingerprint density at radius 1 is 1.40 bits per heavy atom. The molecule has 0 radical (unpaired) electrons. The van der Waals surface area contributed by atoms with Crippen molar-refractivity contribution in [3.63, 3.8) is 0 Å². The van der Waals surface area contributed by atoms with Gasteiger partial charge in [-0.15, -0.1) is 0 Å². The molecule has 0 heterocycles. The van der Waals surface area contributed by atoms with Crippen molar-refractivity contribution < 1.29 is 14.3 Å². The molecule has 0 aliphatic heterocycles. The molecule has 0 bridgehead atoms. The van der Waals surface area contributed by atoms with E-state index in [1.165, 1.54) is 0 Å². The van der Waals surface area contributed by atoms with Gasteiger partial charge in [0.1, 0.15) is 5.75 Å². The van der Waals surface area contributed by atoms with E-state index in [4.69, 9.17) is 15.2 Å². The fraction of sp³-hybridized carbons (Fsp3) is 0.533. The first-order chi connectivity index (χ1) is 9.63. The Morgan fingerprint density at radius 3 is 2.85 bits per heavy atom. The first kappa shape index (κ1) is 16.5. The number of para-hydroxylation sites is 1. The SMILES string of the molecule is COCCCNC(=O)COc1ccccc1CC(C)N. The summed E-state index contributed by atoms with van der Waals surface area (Å²) in [5, 5.41) is 2.78. The van der Waals surface area contributed by atoms with Crippen molar-refractivity contribution in [2.75, 3.05) is 26.9 Å². The average molecular weight is 280 g/mol. The molecule has 0 aliphatic rings. The minimum atomic E-state index is -0.128. The van der Waals surface area contributed by atoms with E-state index in [2.05, 4.69) is 5.32 Å². The highest BCUT2D eigenvalue weighted by Gasteiger charge is 2.07. The van der Waals surface area contributed by atoms with Gasteiger partial charge in [-0.25, -0.2) is 0 Å². The van der Waals surface area contributed by atoms with Gasteiger partial charge in [0.15, 0.2) is 6.61 Å². The minimum Gasteiger partial charge on any atom is -0.483 e. The van der Waals surface area contributed by atoms with Crippen LogP contribution in [0.2, 0.25) is 0 Å². The number of nitrogens with two attached hydrogens (primary N) is 1. The summed E-state index contributed by atoms with van der Waals surface area (Å²) in [5.41, 5.74) is 6.82. The lowest BCUT2D eigenvalue weighted by Crippen LogP contribution is -2.30. The van der Waals surface area contributed by atoms with Crippen molar-refractivity contribution in [2.24, 2.45) is 5.73 Å². The first-order valence-corrected chi connectivity index (χ1v) is 6.85. The van der Waals surface area contributed by atoms with Crippen LogP contribution in [0.3, 0.4) is 0 Å². The predicted molar refractivity (Wildman–Crippen MR) is 78.8 cm³/mol. The molecule has 0 saturated heterocycles. The number of ether oxygens (including phenoxy) is 2. The van der Waals surface area contributed by atoms with E-state index < -0.39 is 0 Å². The Labute approximate surface area is 120 Å². The van der Waals surface area contributed by atoms with E-state index in [0.717, 1.165) is 24.2 Å². The van der Waals surface area contributed by atoms with Crippen LogP contribution in [0.4, 0.5) is 0 Å². The minimum absolute atomic E-state index is 0.0168. The van der Waals surface area contributed by atoms with Crippen LogP contribution < -0.4 is 15.8 Å². The number of hydrogen-bond acceptors (Lipinski definition) is 4. The Hall–Kier alpha value is -1.59. The lowest BCUT2D eigenvalue weighted by Gasteiger charge is -2.13. The second-order valence-electron chi connectivity index (χ2n) is 4.77. The monoisotopic (exact) mass is 280 g/mol. The van der Waals surface area contributed by atoms with Crippen LogP contribution in [0, 0.1) is 0 Å². The van der Waals surface area contributed by atoms with Gasteiger partial charge in [0, 0.05) is 26.3 Å². The van der Waals surface area contributed by atoms with E-state index >= 15 is 0 Å². The summed E-state index contributed by atoms with van der Waals surface area (Å²) < 4.78 is 10.5. The third-order valence-corrected chi connectivity index (χ3v) is 2.72. The zero-order valence-corrected chi connectivity index (χ0v) is 12.2. The van der Waals surface area contributed by atoms with E-state index in [9.17, 15) is 4.79 Å². The molecule has 1 aromatic rings. The number of benzene rings is 1. The molecule has 1 unspecified atom stereocenters. The largest absolute Gasteiger partial charge is 0.483 e. The molecular weight excluding hydrogens is 256 g/mol. The van der Waals surface area contributed by atoms with Crippen LogP contribution in [0.1, 0.15) is 18.9 Å². The van der Waals surface area contributed by atoms with Crippen molar-refractivity contribution in [3.8, 4) is 5.75 Å². The molecule has 0 aliphatic carbocycles. The van der Waals surface area contributed by atoms with Crippen LogP contribution in [0.25, 0.3) is 0 Å². The van der Waals surface area contributed by atoms with Gasteiger partial charge >= 0.3 is 0 Å². The van der Waals surface area contributed by atoms with Crippen molar-refractivity contribution in [1.29, 1.82) is 0 Å². The number of carbonyl (C=O) groups is 1. The summed E-state index contributed by atoms with van der Waals surface area (Å²) in [6.07, 6.45) is 1.52. The van der Waals surface area contributed by atoms with E-state index in [-0.39, 0.29) is 18.6 Å². The van der Waals surface area contributed by atoms with E-state index in [0.29, 0.717) is 13.2 Å². The molecule has 5 heteroatoms. The van der Waals surface area contributed by atoms with Gasteiger partial charge in [0.2, 0.25) is 0 Å². The standard InChI is InChI=1S/C15H24N2O3/c1-12(16)10-13-6-3-4-7-14(13)20-11-15(18)17-8-5-9-19-2/h3-4,6-7,12H,5,8-11,16H2,1-2H3,(H,17,18). The highest BCUT2D eigenvalue weighted by atomic mass is 16.5. The maximum Gasteiger partial charge on any atom is 0.257 e. The molecular formula is C15H24N2O3. The van der Waals surface area contributed by atoms with Gasteiger partial charge in [-0.2, -0.15) is 0 Å². The maximum atomic E-state index is 11.6. The average Bonchev–Trinajstić information content (AvgIpc) is 2.42. The number of carbonyl (C=O) groups excluding carboxylic acids is 1. The molecule has 0 saturated carbocycles. The number of nitrogens with one attached hydrogen (secondary N) is 1. The van der Waals surface area contributed by atoms with Crippen molar-refractivity contribution in [2.45, 2.75) is 25.8 Å². The summed E-state index contributed by atoms with van der Waals surface area (Å²) in [7, 11) is 1.64. The normalized spacial score (nSPS) is 11.9. The topological polar surface area (TPSA) is 73.6 Å². The second-order valence-corrected chi connectivity index (χ2v) is 4.77. The van der Waals surface area contributed by atoms with Gasteiger partial charge in [-0.1, -0.05) is 18.2 Å².